The van der Waals surface area contributed by atoms with E-state index in [4.69, 9.17) is 9.47 Å². The monoisotopic (exact) mass is 540 g/mol. The number of hydrogen-bond acceptors (Lipinski definition) is 6. The zero-order valence-electron chi connectivity index (χ0n) is 22.8. The number of aromatic nitrogens is 2. The van der Waals surface area contributed by atoms with Gasteiger partial charge in [0.1, 0.15) is 18.0 Å². The molecule has 1 aliphatic rings. The maximum absolute atomic E-state index is 12.9. The third-order valence-corrected chi connectivity index (χ3v) is 6.99. The zero-order valence-corrected chi connectivity index (χ0v) is 22.8. The lowest BCUT2D eigenvalue weighted by molar-refractivity contribution is -0.154. The fourth-order valence-corrected chi connectivity index (χ4v) is 5.30. The molecule has 0 fully saturated rings. The van der Waals surface area contributed by atoms with Crippen molar-refractivity contribution < 1.29 is 29.0 Å². The Morgan fingerprint density at radius 1 is 0.925 bits per heavy atom. The normalized spacial score (nSPS) is 13.5. The van der Waals surface area contributed by atoms with Crippen LogP contribution in [0.3, 0.4) is 0 Å². The van der Waals surface area contributed by atoms with E-state index >= 15 is 0 Å². The van der Waals surface area contributed by atoms with Crippen molar-refractivity contribution in [2.45, 2.75) is 51.6 Å². The highest BCUT2D eigenvalue weighted by Gasteiger charge is 2.31. The molecule has 5 rings (SSSR count). The number of carbonyl (C=O) groups excluding carboxylic acids is 2. The van der Waals surface area contributed by atoms with Gasteiger partial charge in [0.15, 0.2) is 0 Å². The number of carbonyl (C=O) groups is 3. The number of esters is 2. The van der Waals surface area contributed by atoms with E-state index in [2.05, 4.69) is 17.1 Å². The number of benzene rings is 2. The highest BCUT2D eigenvalue weighted by molar-refractivity contribution is 5.81. The summed E-state index contributed by atoms with van der Waals surface area (Å²) in [6.45, 7) is 5.51. The fraction of sp³-hybridized carbons (Fsp3) is 0.312. The van der Waals surface area contributed by atoms with Crippen LogP contribution in [0.1, 0.15) is 55.8 Å². The summed E-state index contributed by atoms with van der Waals surface area (Å²) < 4.78 is 12.9. The van der Waals surface area contributed by atoms with E-state index in [1.807, 2.05) is 48.5 Å². The molecular weight excluding hydrogens is 508 g/mol. The molecule has 0 amide bonds. The molecule has 0 bridgehead atoms. The Balaban J connectivity index is 1.29. The van der Waals surface area contributed by atoms with Gasteiger partial charge in [-0.2, -0.15) is 0 Å². The first-order valence-electron chi connectivity index (χ1n) is 13.3. The molecule has 0 radical (unpaired) electrons. The van der Waals surface area contributed by atoms with Gasteiger partial charge in [0, 0.05) is 18.5 Å². The number of fused-ring (bicyclic) bond motifs is 4. The van der Waals surface area contributed by atoms with Crippen molar-refractivity contribution in [2.75, 3.05) is 6.61 Å². The van der Waals surface area contributed by atoms with Crippen molar-refractivity contribution >= 4 is 23.4 Å². The van der Waals surface area contributed by atoms with Crippen molar-refractivity contribution in [1.29, 1.82) is 0 Å². The maximum Gasteiger partial charge on any atom is 0.312 e. The van der Waals surface area contributed by atoms with Crippen molar-refractivity contribution in [1.82, 2.24) is 9.38 Å². The first kappa shape index (κ1) is 27.1. The smallest absolute Gasteiger partial charge is 0.312 e. The quantitative estimate of drug-likeness (QED) is 0.291. The van der Waals surface area contributed by atoms with E-state index in [1.54, 1.807) is 37.4 Å². The Bertz CT molecular complexity index is 1540. The number of imidazole rings is 1. The van der Waals surface area contributed by atoms with Gasteiger partial charge in [0.2, 0.25) is 0 Å². The lowest BCUT2D eigenvalue weighted by Gasteiger charge is -2.19. The number of pyridine rings is 1. The van der Waals surface area contributed by atoms with Crippen LogP contribution in [-0.2, 0) is 36.7 Å². The summed E-state index contributed by atoms with van der Waals surface area (Å²) >= 11 is 0. The van der Waals surface area contributed by atoms with E-state index in [1.165, 1.54) is 0 Å². The van der Waals surface area contributed by atoms with Crippen LogP contribution in [0, 0.1) is 5.92 Å². The molecule has 4 aromatic rings. The van der Waals surface area contributed by atoms with Crippen LogP contribution in [0.4, 0.5) is 0 Å². The maximum atomic E-state index is 12.9. The molecule has 0 spiro atoms. The molecule has 2 aromatic heterocycles. The average Bonchev–Trinajstić information content (AvgIpc) is 3.41. The molecule has 0 saturated carbocycles. The zero-order chi connectivity index (χ0) is 28.4. The molecule has 0 unspecified atom stereocenters. The van der Waals surface area contributed by atoms with Gasteiger partial charge in [-0.25, -0.2) is 4.98 Å². The van der Waals surface area contributed by atoms with Crippen molar-refractivity contribution in [2.24, 2.45) is 5.92 Å². The van der Waals surface area contributed by atoms with Gasteiger partial charge < -0.3 is 19.0 Å². The van der Waals surface area contributed by atoms with E-state index in [-0.39, 0.29) is 31.8 Å². The lowest BCUT2D eigenvalue weighted by Crippen LogP contribution is -2.25. The molecule has 40 heavy (non-hydrogen) atoms. The van der Waals surface area contributed by atoms with Gasteiger partial charge in [0.25, 0.3) is 0 Å². The van der Waals surface area contributed by atoms with Gasteiger partial charge >= 0.3 is 17.9 Å². The molecule has 0 aliphatic heterocycles. The Morgan fingerprint density at radius 3 is 2.17 bits per heavy atom. The first-order chi connectivity index (χ1) is 19.1. The van der Waals surface area contributed by atoms with E-state index in [9.17, 15) is 19.5 Å². The van der Waals surface area contributed by atoms with E-state index < -0.39 is 29.4 Å². The summed E-state index contributed by atoms with van der Waals surface area (Å²) in [7, 11) is 0. The van der Waals surface area contributed by atoms with Crippen molar-refractivity contribution in [3.63, 3.8) is 0 Å². The largest absolute Gasteiger partial charge is 0.481 e. The highest BCUT2D eigenvalue weighted by atomic mass is 16.6. The van der Waals surface area contributed by atoms with Crippen LogP contribution >= 0.6 is 0 Å². The number of aliphatic carboxylic acids is 1. The summed E-state index contributed by atoms with van der Waals surface area (Å²) in [4.78, 5) is 42.1. The number of rotatable bonds is 9. The summed E-state index contributed by atoms with van der Waals surface area (Å²) in [5.41, 5.74) is 4.98. The predicted octanol–water partition coefficient (Wildman–Crippen LogP) is 5.21. The minimum Gasteiger partial charge on any atom is -0.481 e. The number of hydrogen-bond donors (Lipinski definition) is 1. The average molecular weight is 541 g/mol. The van der Waals surface area contributed by atoms with Gasteiger partial charge in [-0.05, 0) is 55.2 Å². The van der Waals surface area contributed by atoms with Crippen molar-refractivity contribution in [3.8, 4) is 11.1 Å². The highest BCUT2D eigenvalue weighted by Crippen LogP contribution is 2.44. The second-order valence-electron chi connectivity index (χ2n) is 11.0. The summed E-state index contributed by atoms with van der Waals surface area (Å²) in [6, 6.07) is 21.5. The Labute approximate surface area is 232 Å². The van der Waals surface area contributed by atoms with E-state index in [0.29, 0.717) is 17.0 Å². The Hall–Kier alpha value is -4.46. The third kappa shape index (κ3) is 5.76. The third-order valence-electron chi connectivity index (χ3n) is 6.99. The van der Waals surface area contributed by atoms with Crippen LogP contribution in [0.2, 0.25) is 0 Å². The predicted molar refractivity (Wildman–Crippen MR) is 149 cm³/mol. The van der Waals surface area contributed by atoms with Crippen molar-refractivity contribution in [3.05, 3.63) is 95.6 Å². The number of ether oxygens (including phenoxy) is 2. The topological polar surface area (TPSA) is 107 Å². The van der Waals surface area contributed by atoms with Gasteiger partial charge in [-0.1, -0.05) is 54.6 Å². The van der Waals surface area contributed by atoms with E-state index in [0.717, 1.165) is 22.3 Å². The van der Waals surface area contributed by atoms with Crippen LogP contribution in [0.5, 0.6) is 0 Å². The van der Waals surface area contributed by atoms with Crippen LogP contribution in [0.15, 0.2) is 72.9 Å². The molecule has 1 atom stereocenters. The molecule has 206 valence electrons. The van der Waals surface area contributed by atoms with Gasteiger partial charge in [-0.3, -0.25) is 14.4 Å². The fourth-order valence-electron chi connectivity index (χ4n) is 5.30. The molecule has 8 heteroatoms. The first-order valence-corrected chi connectivity index (χ1v) is 13.3. The summed E-state index contributed by atoms with van der Waals surface area (Å²) in [5, 5.41) is 9.96. The summed E-state index contributed by atoms with van der Waals surface area (Å²) in [5.74, 6) is -2.81. The lowest BCUT2D eigenvalue weighted by atomic mass is 9.98. The minimum atomic E-state index is -1.12. The number of carboxylic acids is 1. The second kappa shape index (κ2) is 11.0. The second-order valence-corrected chi connectivity index (χ2v) is 11.0. The molecule has 2 heterocycles. The molecule has 0 saturated heterocycles. The molecule has 2 aromatic carbocycles. The Morgan fingerprint density at radius 2 is 1.55 bits per heavy atom. The molecule has 8 nitrogen and oxygen atoms in total. The van der Waals surface area contributed by atoms with Crippen LogP contribution in [-0.4, -0.2) is 44.6 Å². The Kier molecular flexibility index (Phi) is 7.43. The van der Waals surface area contributed by atoms with Gasteiger partial charge in [-0.15, -0.1) is 0 Å². The molecule has 1 N–H and O–H groups in total. The molecule has 1 aliphatic carbocycles. The number of carboxylic acid groups (broad SMARTS) is 1. The SMILES string of the molecule is CC(C)(C)OC(=O)Cc1nc(C[C@H](CC(=O)OCC2c3ccccc3-c3ccccc32)C(=O)O)n2ccccc12. The number of nitrogens with zero attached hydrogens (tertiary/aromatic N) is 2. The van der Waals surface area contributed by atoms with Gasteiger partial charge in [0.05, 0.1) is 30.0 Å². The van der Waals surface area contributed by atoms with Crippen LogP contribution in [0.25, 0.3) is 16.6 Å². The summed E-state index contributed by atoms with van der Waals surface area (Å²) in [6.07, 6.45) is 1.42. The van der Waals surface area contributed by atoms with Crippen LogP contribution < -0.4 is 0 Å². The molecular formula is C32H32N2O6. The minimum absolute atomic E-state index is 0.000965. The standard InChI is InChI=1S/C32H32N2O6/c1-32(2,3)40-30(36)18-26-27-14-8-9-15-34(27)28(33-26)16-20(31(37)38)17-29(35)39-19-25-23-12-6-4-10-21(23)22-11-5-7-13-24(22)25/h4-15,20,25H,16-19H2,1-3H3,(H,37,38)/t20-/m1/s1.